The summed E-state index contributed by atoms with van der Waals surface area (Å²) in [5.74, 6) is -2.36. The van der Waals surface area contributed by atoms with Crippen molar-refractivity contribution < 1.29 is 38.6 Å². The average Bonchev–Trinajstić information content (AvgIpc) is 3.33. The molecule has 0 spiro atoms. The number of hydrogen-bond donors (Lipinski definition) is 2. The Morgan fingerprint density at radius 3 is 2.32 bits per heavy atom. The average molecular weight is 636 g/mol. The van der Waals surface area contributed by atoms with Crippen LogP contribution in [0.5, 0.6) is 11.5 Å². The number of phenolic OH excluding ortho intramolecular Hbond substituents is 1. The number of aromatic hydroxyl groups is 1. The second-order valence-corrected chi connectivity index (χ2v) is 12.5. The molecule has 0 unspecified atom stereocenters. The van der Waals surface area contributed by atoms with E-state index in [1.165, 1.54) is 0 Å². The minimum atomic E-state index is -1.16. The number of benzene rings is 3. The predicted octanol–water partition coefficient (Wildman–Crippen LogP) is 5.97. The van der Waals surface area contributed by atoms with E-state index in [1.54, 1.807) is 0 Å². The van der Waals surface area contributed by atoms with E-state index >= 15 is 0 Å². The van der Waals surface area contributed by atoms with Crippen molar-refractivity contribution in [1.29, 1.82) is 0 Å². The van der Waals surface area contributed by atoms with Gasteiger partial charge in [0.15, 0.2) is 0 Å². The number of fused-ring (bicyclic) bond motifs is 3. The van der Waals surface area contributed by atoms with Gasteiger partial charge in [-0.05, 0) is 109 Å². The molecule has 0 aromatic heterocycles. The molecule has 47 heavy (non-hydrogen) atoms. The predicted molar refractivity (Wildman–Crippen MR) is 177 cm³/mol. The molecule has 0 radical (unpaired) electrons. The zero-order valence-corrected chi connectivity index (χ0v) is 26.7. The van der Waals surface area contributed by atoms with Crippen LogP contribution in [0, 0.1) is 31.6 Å². The largest absolute Gasteiger partial charge is 0.507 e. The van der Waals surface area contributed by atoms with Crippen LogP contribution in [-0.2, 0) is 19.0 Å². The van der Waals surface area contributed by atoms with Crippen LogP contribution in [0.2, 0.25) is 6.32 Å². The summed E-state index contributed by atoms with van der Waals surface area (Å²) in [6.07, 6.45) is 1.93. The SMILES string of the molecule is COC(=O)N1C(=O)[C@@H]2[C@@H](CC(COc3ccccc3)=C3[C@@H](CC/C(=C/c4cc(C)c(O)c(C)c4)c4ccccc4)OB(O)C[C@@H]32)C1=O. The molecule has 2 aliphatic heterocycles. The van der Waals surface area contributed by atoms with Gasteiger partial charge in [-0.3, -0.25) is 9.59 Å². The fraction of sp³-hybridized carbons (Fsp3) is 0.324. The number of imide groups is 3. The number of hydrogen-bond acceptors (Lipinski definition) is 8. The lowest BCUT2D eigenvalue weighted by atomic mass is 9.58. The molecule has 0 saturated carbocycles. The number of rotatable bonds is 8. The van der Waals surface area contributed by atoms with Crippen LogP contribution >= 0.6 is 0 Å². The van der Waals surface area contributed by atoms with Crippen molar-refractivity contribution in [3.8, 4) is 11.5 Å². The number of aryl methyl sites for hydroxylation is 2. The Bertz CT molecular complexity index is 1710. The number of phenols is 1. The van der Waals surface area contributed by atoms with E-state index in [-0.39, 0.29) is 25.1 Å². The van der Waals surface area contributed by atoms with Crippen molar-refractivity contribution >= 4 is 36.7 Å². The van der Waals surface area contributed by atoms with E-state index in [1.807, 2.05) is 86.6 Å². The quantitative estimate of drug-likeness (QED) is 0.134. The standard InChI is InChI=1S/C37H38BNO8/c1-22-16-24(17-23(2)34(22)40)18-26(25-10-6-4-7-11-25)14-15-31-32-27(21-46-28-12-8-5-9-13-28)19-29-33(30(32)20-38(44)47-31)36(42)39(35(29)41)37(43)45-3/h4-13,16-18,29-31,33,40,44H,14-15,19-21H2,1-3H3/b26-18-/t29-,30+,31-,33-/m1/s1. The molecule has 0 bridgehead atoms. The van der Waals surface area contributed by atoms with Crippen LogP contribution in [0.25, 0.3) is 11.6 Å². The number of allylic oxidation sites excluding steroid dienone is 1. The third-order valence-electron chi connectivity index (χ3n) is 9.50. The second-order valence-electron chi connectivity index (χ2n) is 12.5. The summed E-state index contributed by atoms with van der Waals surface area (Å²) in [7, 11) is -0.0222. The molecule has 3 aliphatic rings. The van der Waals surface area contributed by atoms with Crippen LogP contribution in [0.4, 0.5) is 4.79 Å². The fourth-order valence-electron chi connectivity index (χ4n) is 7.37. The van der Waals surface area contributed by atoms with Crippen LogP contribution in [0.15, 0.2) is 83.9 Å². The van der Waals surface area contributed by atoms with Gasteiger partial charge in [-0.15, -0.1) is 0 Å². The molecular weight excluding hydrogens is 597 g/mol. The smallest absolute Gasteiger partial charge is 0.455 e. The van der Waals surface area contributed by atoms with Crippen molar-refractivity contribution in [1.82, 2.24) is 4.90 Å². The summed E-state index contributed by atoms with van der Waals surface area (Å²) in [5.41, 5.74) is 6.27. The van der Waals surface area contributed by atoms with Gasteiger partial charge in [-0.1, -0.05) is 54.6 Å². The summed E-state index contributed by atoms with van der Waals surface area (Å²) in [6, 6.07) is 23.2. The van der Waals surface area contributed by atoms with Gasteiger partial charge < -0.3 is 24.3 Å². The number of nitrogens with zero attached hydrogens (tertiary/aromatic N) is 1. The molecule has 9 nitrogen and oxygen atoms in total. The maximum Gasteiger partial charge on any atom is 0.455 e. The molecule has 3 amide bonds. The zero-order valence-electron chi connectivity index (χ0n) is 26.7. The molecule has 4 atom stereocenters. The van der Waals surface area contributed by atoms with E-state index in [9.17, 15) is 24.5 Å². The lowest BCUT2D eigenvalue weighted by Crippen LogP contribution is -2.46. The summed E-state index contributed by atoms with van der Waals surface area (Å²) in [6.45, 7) is 3.91. The van der Waals surface area contributed by atoms with E-state index in [0.29, 0.717) is 23.5 Å². The number of amides is 3. The van der Waals surface area contributed by atoms with Gasteiger partial charge in [-0.2, -0.15) is 4.90 Å². The maximum atomic E-state index is 13.6. The molecular formula is C37H38BNO8. The van der Waals surface area contributed by atoms with Crippen LogP contribution in [0.3, 0.4) is 0 Å². The molecule has 2 N–H and O–H groups in total. The Hall–Kier alpha value is -4.67. The third kappa shape index (κ3) is 6.48. The minimum absolute atomic E-state index is 0.114. The highest BCUT2D eigenvalue weighted by molar-refractivity contribution is 6.43. The lowest BCUT2D eigenvalue weighted by Gasteiger charge is -2.43. The van der Waals surface area contributed by atoms with Gasteiger partial charge in [-0.25, -0.2) is 4.79 Å². The number of para-hydroxylation sites is 1. The number of methoxy groups -OCH3 is 1. The Balaban J connectivity index is 1.37. The monoisotopic (exact) mass is 635 g/mol. The molecule has 3 aromatic rings. The van der Waals surface area contributed by atoms with Crippen LogP contribution < -0.4 is 4.74 Å². The first-order valence-corrected chi connectivity index (χ1v) is 15.9. The maximum absolute atomic E-state index is 13.6. The van der Waals surface area contributed by atoms with Gasteiger partial charge in [0.25, 0.3) is 0 Å². The van der Waals surface area contributed by atoms with Gasteiger partial charge >= 0.3 is 13.2 Å². The Morgan fingerprint density at radius 1 is 1.00 bits per heavy atom. The first-order chi connectivity index (χ1) is 22.7. The number of ether oxygens (including phenoxy) is 2. The Labute approximate surface area is 274 Å². The van der Waals surface area contributed by atoms with Gasteiger partial charge in [0, 0.05) is 0 Å². The molecule has 2 fully saturated rings. The lowest BCUT2D eigenvalue weighted by molar-refractivity contribution is -0.137. The van der Waals surface area contributed by atoms with Gasteiger partial charge in [0.2, 0.25) is 11.8 Å². The van der Waals surface area contributed by atoms with E-state index in [0.717, 1.165) is 46.1 Å². The molecule has 2 heterocycles. The molecule has 1 aliphatic carbocycles. The molecule has 3 aromatic carbocycles. The van der Waals surface area contributed by atoms with Crippen molar-refractivity contribution in [2.45, 2.75) is 45.5 Å². The van der Waals surface area contributed by atoms with Crippen molar-refractivity contribution in [3.63, 3.8) is 0 Å². The van der Waals surface area contributed by atoms with Crippen LogP contribution in [-0.4, -0.2) is 59.9 Å². The highest BCUT2D eigenvalue weighted by Gasteiger charge is 2.59. The number of carbonyl (C=O) groups excluding carboxylic acids is 3. The molecule has 6 rings (SSSR count). The van der Waals surface area contributed by atoms with E-state index in [2.05, 4.69) is 6.08 Å². The van der Waals surface area contributed by atoms with Crippen LogP contribution in [0.1, 0.15) is 41.5 Å². The van der Waals surface area contributed by atoms with Crippen molar-refractivity contribution in [3.05, 3.63) is 106 Å². The van der Waals surface area contributed by atoms with E-state index < -0.39 is 48.9 Å². The first-order valence-electron chi connectivity index (χ1n) is 15.9. The number of carbonyl (C=O) groups is 3. The highest BCUT2D eigenvalue weighted by Crippen LogP contribution is 2.51. The topological polar surface area (TPSA) is 123 Å². The Kier molecular flexibility index (Phi) is 9.34. The molecule has 242 valence electrons. The zero-order chi connectivity index (χ0) is 33.2. The fourth-order valence-corrected chi connectivity index (χ4v) is 7.37. The Morgan fingerprint density at radius 2 is 1.66 bits per heavy atom. The van der Waals surface area contributed by atoms with Gasteiger partial charge in [0.05, 0.1) is 25.0 Å². The normalized spacial score (nSPS) is 22.7. The van der Waals surface area contributed by atoms with E-state index in [4.69, 9.17) is 14.1 Å². The molecule has 2 saturated heterocycles. The van der Waals surface area contributed by atoms with Crippen molar-refractivity contribution in [2.75, 3.05) is 13.7 Å². The summed E-state index contributed by atoms with van der Waals surface area (Å²) in [5, 5.41) is 21.3. The highest BCUT2D eigenvalue weighted by atomic mass is 16.5. The summed E-state index contributed by atoms with van der Waals surface area (Å²) >= 11 is 0. The molecule has 10 heteroatoms. The first kappa shape index (κ1) is 32.3. The van der Waals surface area contributed by atoms with Crippen molar-refractivity contribution in [2.24, 2.45) is 17.8 Å². The summed E-state index contributed by atoms with van der Waals surface area (Å²) in [4.78, 5) is 40.2. The second kappa shape index (κ2) is 13.6. The minimum Gasteiger partial charge on any atom is -0.507 e. The number of likely N-dealkylation sites (tertiary alicyclic amines) is 1. The summed E-state index contributed by atoms with van der Waals surface area (Å²) < 4.78 is 17.2. The van der Waals surface area contributed by atoms with Gasteiger partial charge in [0.1, 0.15) is 18.1 Å². The third-order valence-corrected chi connectivity index (χ3v) is 9.50.